The summed E-state index contributed by atoms with van der Waals surface area (Å²) in [5.74, 6) is -0.0772. The predicted octanol–water partition coefficient (Wildman–Crippen LogP) is 3.15. The van der Waals surface area contributed by atoms with Crippen LogP contribution in [0.4, 0.5) is 5.69 Å². The van der Waals surface area contributed by atoms with Gasteiger partial charge in [0.25, 0.3) is 0 Å². The number of hydrogen-bond acceptors (Lipinski definition) is 2. The van der Waals surface area contributed by atoms with E-state index in [9.17, 15) is 4.79 Å². The van der Waals surface area contributed by atoms with Gasteiger partial charge in [0, 0.05) is 10.2 Å². The normalized spacial score (nSPS) is 16.8. The van der Waals surface area contributed by atoms with Gasteiger partial charge in [0.15, 0.2) is 0 Å². The summed E-state index contributed by atoms with van der Waals surface area (Å²) in [6.45, 7) is 1.95. The molecule has 0 radical (unpaired) electrons. The van der Waals surface area contributed by atoms with Crippen LogP contribution in [0.5, 0.6) is 0 Å². The zero-order valence-corrected chi connectivity index (χ0v) is 12.5. The molecule has 1 aromatic rings. The molecule has 18 heavy (non-hydrogen) atoms. The number of thiocarbonyl (C=S) groups is 1. The molecule has 0 spiro atoms. The molecule has 0 saturated heterocycles. The molecular formula is C13H15BrN2OS. The van der Waals surface area contributed by atoms with Crippen molar-refractivity contribution in [3.05, 3.63) is 28.2 Å². The van der Waals surface area contributed by atoms with Crippen molar-refractivity contribution in [3.8, 4) is 0 Å². The molecule has 1 amide bonds. The second kappa shape index (κ2) is 4.97. The van der Waals surface area contributed by atoms with Crippen LogP contribution in [0, 0.1) is 12.3 Å². The fraction of sp³-hybridized carbons (Fsp3) is 0.385. The minimum atomic E-state index is -0.630. The van der Waals surface area contributed by atoms with Crippen LogP contribution in [-0.2, 0) is 4.79 Å². The maximum atomic E-state index is 12.3. The van der Waals surface area contributed by atoms with Gasteiger partial charge in [-0.15, -0.1) is 0 Å². The van der Waals surface area contributed by atoms with Crippen LogP contribution in [0.2, 0.25) is 0 Å². The highest BCUT2D eigenvalue weighted by Crippen LogP contribution is 2.42. The second-order valence-corrected chi connectivity index (χ2v) is 6.07. The quantitative estimate of drug-likeness (QED) is 0.839. The van der Waals surface area contributed by atoms with Crippen molar-refractivity contribution in [1.29, 1.82) is 0 Å². The van der Waals surface area contributed by atoms with E-state index in [1.165, 1.54) is 0 Å². The molecule has 0 aromatic heterocycles. The summed E-state index contributed by atoms with van der Waals surface area (Å²) in [6.07, 6.45) is 2.51. The molecule has 1 aromatic carbocycles. The first-order valence-electron chi connectivity index (χ1n) is 5.83. The maximum Gasteiger partial charge on any atom is 0.237 e. The van der Waals surface area contributed by atoms with Gasteiger partial charge in [0.1, 0.15) is 0 Å². The van der Waals surface area contributed by atoms with Crippen LogP contribution in [0.3, 0.4) is 0 Å². The molecular weight excluding hydrogens is 312 g/mol. The van der Waals surface area contributed by atoms with Crippen LogP contribution in [-0.4, -0.2) is 10.9 Å². The zero-order chi connectivity index (χ0) is 13.3. The van der Waals surface area contributed by atoms with E-state index in [0.717, 1.165) is 35.0 Å². The van der Waals surface area contributed by atoms with Crippen LogP contribution >= 0.6 is 28.1 Å². The summed E-state index contributed by atoms with van der Waals surface area (Å²) >= 11 is 8.43. The lowest BCUT2D eigenvalue weighted by molar-refractivity contribution is -0.125. The average Bonchev–Trinajstić information content (AvgIpc) is 2.19. The average molecular weight is 327 g/mol. The molecule has 0 bridgehead atoms. The van der Waals surface area contributed by atoms with E-state index in [1.807, 2.05) is 25.1 Å². The lowest BCUT2D eigenvalue weighted by Crippen LogP contribution is -2.50. The molecule has 3 nitrogen and oxygen atoms in total. The Hall–Kier alpha value is -0.940. The Bertz CT molecular complexity index is 512. The summed E-state index contributed by atoms with van der Waals surface area (Å²) in [7, 11) is 0. The third-order valence-corrected chi connectivity index (χ3v) is 4.43. The van der Waals surface area contributed by atoms with Crippen LogP contribution < -0.4 is 11.1 Å². The summed E-state index contributed by atoms with van der Waals surface area (Å²) in [5, 5.41) is 2.93. The number of nitrogens with two attached hydrogens (primary N) is 1. The monoisotopic (exact) mass is 326 g/mol. The number of halogens is 1. The first-order valence-corrected chi connectivity index (χ1v) is 7.03. The number of benzene rings is 1. The van der Waals surface area contributed by atoms with E-state index in [1.54, 1.807) is 0 Å². The molecule has 3 N–H and O–H groups in total. The Morgan fingerprint density at radius 2 is 2.17 bits per heavy atom. The largest absolute Gasteiger partial charge is 0.392 e. The number of rotatable bonds is 3. The van der Waals surface area contributed by atoms with Gasteiger partial charge in [0.05, 0.1) is 10.4 Å². The Morgan fingerprint density at radius 3 is 2.61 bits per heavy atom. The van der Waals surface area contributed by atoms with Gasteiger partial charge in [-0.25, -0.2) is 0 Å². The fourth-order valence-electron chi connectivity index (χ4n) is 2.12. The molecule has 2 rings (SSSR count). The first-order chi connectivity index (χ1) is 8.45. The molecule has 1 saturated carbocycles. The number of carbonyl (C=O) groups excluding carboxylic acids is 1. The molecule has 1 aliphatic rings. The Balaban J connectivity index is 2.19. The third kappa shape index (κ3) is 2.29. The van der Waals surface area contributed by atoms with Crippen LogP contribution in [0.1, 0.15) is 24.8 Å². The van der Waals surface area contributed by atoms with E-state index >= 15 is 0 Å². The van der Waals surface area contributed by atoms with Gasteiger partial charge < -0.3 is 11.1 Å². The van der Waals surface area contributed by atoms with Crippen molar-refractivity contribution >= 4 is 44.7 Å². The fourth-order valence-corrected chi connectivity index (χ4v) is 2.90. The van der Waals surface area contributed by atoms with Gasteiger partial charge >= 0.3 is 0 Å². The second-order valence-electron chi connectivity index (χ2n) is 4.71. The Kier molecular flexibility index (Phi) is 3.73. The molecule has 1 aliphatic carbocycles. The van der Waals surface area contributed by atoms with Gasteiger partial charge in [-0.05, 0) is 43.5 Å². The highest BCUT2D eigenvalue weighted by Gasteiger charge is 2.46. The van der Waals surface area contributed by atoms with E-state index in [4.69, 9.17) is 18.0 Å². The SMILES string of the molecule is Cc1cc(Br)ccc1NC(=O)C1(C(N)=S)CCC1. The van der Waals surface area contributed by atoms with Crippen molar-refractivity contribution in [1.82, 2.24) is 0 Å². The molecule has 1 fully saturated rings. The van der Waals surface area contributed by atoms with Gasteiger partial charge in [-0.3, -0.25) is 4.79 Å². The number of amides is 1. The minimum Gasteiger partial charge on any atom is -0.392 e. The smallest absolute Gasteiger partial charge is 0.237 e. The van der Waals surface area contributed by atoms with Crippen LogP contribution in [0.15, 0.2) is 22.7 Å². The van der Waals surface area contributed by atoms with Crippen LogP contribution in [0.25, 0.3) is 0 Å². The first kappa shape index (κ1) is 13.5. The number of carbonyl (C=O) groups is 1. The van der Waals surface area contributed by atoms with E-state index in [-0.39, 0.29) is 5.91 Å². The Morgan fingerprint density at radius 1 is 1.50 bits per heavy atom. The maximum absolute atomic E-state index is 12.3. The summed E-state index contributed by atoms with van der Waals surface area (Å²) in [5.41, 5.74) is 6.90. The molecule has 0 atom stereocenters. The lowest BCUT2D eigenvalue weighted by atomic mass is 9.68. The van der Waals surface area contributed by atoms with Gasteiger partial charge in [-0.2, -0.15) is 0 Å². The van der Waals surface area contributed by atoms with Crippen molar-refractivity contribution < 1.29 is 4.79 Å². The van der Waals surface area contributed by atoms with Crippen molar-refractivity contribution in [3.63, 3.8) is 0 Å². The van der Waals surface area contributed by atoms with Gasteiger partial charge in [0.2, 0.25) is 5.91 Å². The van der Waals surface area contributed by atoms with Crippen molar-refractivity contribution in [2.75, 3.05) is 5.32 Å². The highest BCUT2D eigenvalue weighted by atomic mass is 79.9. The third-order valence-electron chi connectivity index (χ3n) is 3.55. The lowest BCUT2D eigenvalue weighted by Gasteiger charge is -2.39. The number of aryl methyl sites for hydroxylation is 1. The van der Waals surface area contributed by atoms with E-state index in [0.29, 0.717) is 4.99 Å². The molecule has 0 aliphatic heterocycles. The Labute approximate surface area is 120 Å². The number of hydrogen-bond donors (Lipinski definition) is 2. The minimum absolute atomic E-state index is 0.0772. The number of nitrogens with one attached hydrogen (secondary N) is 1. The summed E-state index contributed by atoms with van der Waals surface area (Å²) < 4.78 is 0.991. The van der Waals surface area contributed by atoms with Gasteiger partial charge in [-0.1, -0.05) is 34.6 Å². The van der Waals surface area contributed by atoms with E-state index in [2.05, 4.69) is 21.2 Å². The van der Waals surface area contributed by atoms with Crippen molar-refractivity contribution in [2.45, 2.75) is 26.2 Å². The highest BCUT2D eigenvalue weighted by molar-refractivity contribution is 9.10. The molecule has 96 valence electrons. The topological polar surface area (TPSA) is 55.1 Å². The van der Waals surface area contributed by atoms with E-state index < -0.39 is 5.41 Å². The van der Waals surface area contributed by atoms with Crippen molar-refractivity contribution in [2.24, 2.45) is 11.1 Å². The standard InChI is InChI=1S/C13H15BrN2OS/c1-8-7-9(14)3-4-10(8)16-12(17)13(11(15)18)5-2-6-13/h3-4,7H,2,5-6H2,1H3,(H2,15,18)(H,16,17). The zero-order valence-electron chi connectivity index (χ0n) is 10.1. The molecule has 0 unspecified atom stereocenters. The molecule has 0 heterocycles. The number of anilines is 1. The summed E-state index contributed by atoms with van der Waals surface area (Å²) in [6, 6.07) is 5.74. The summed E-state index contributed by atoms with van der Waals surface area (Å²) in [4.78, 5) is 12.6. The molecule has 5 heteroatoms. The predicted molar refractivity (Wildman–Crippen MR) is 80.6 cm³/mol.